The summed E-state index contributed by atoms with van der Waals surface area (Å²) in [5, 5.41) is 12.4. The molecule has 4 nitrogen and oxygen atoms in total. The Balaban J connectivity index is 2.49. The van der Waals surface area contributed by atoms with E-state index in [0.29, 0.717) is 12.5 Å². The van der Waals surface area contributed by atoms with Gasteiger partial charge in [-0.1, -0.05) is 13.8 Å². The lowest BCUT2D eigenvalue weighted by atomic mass is 10.1. The first-order chi connectivity index (χ1) is 7.13. The van der Waals surface area contributed by atoms with E-state index in [9.17, 15) is 0 Å². The van der Waals surface area contributed by atoms with E-state index in [2.05, 4.69) is 29.1 Å². The Labute approximate surface area is 90.8 Å². The van der Waals surface area contributed by atoms with E-state index in [1.807, 2.05) is 13.0 Å². The maximum absolute atomic E-state index is 9.13. The van der Waals surface area contributed by atoms with Gasteiger partial charge in [0.1, 0.15) is 5.82 Å². The lowest BCUT2D eigenvalue weighted by molar-refractivity contribution is 0.209. The van der Waals surface area contributed by atoms with Gasteiger partial charge in [-0.2, -0.15) is 0 Å². The summed E-state index contributed by atoms with van der Waals surface area (Å²) >= 11 is 0. The molecule has 1 unspecified atom stereocenters. The molecular formula is C11H19N3O. The second kappa shape index (κ2) is 5.78. The summed E-state index contributed by atoms with van der Waals surface area (Å²) in [5.41, 5.74) is 0.960. The molecule has 0 aliphatic carbocycles. The number of aryl methyl sites for hydroxylation is 1. The van der Waals surface area contributed by atoms with Crippen LogP contribution in [0.15, 0.2) is 12.3 Å². The van der Waals surface area contributed by atoms with Crippen molar-refractivity contribution in [3.05, 3.63) is 23.8 Å². The van der Waals surface area contributed by atoms with Crippen LogP contribution < -0.4 is 5.32 Å². The van der Waals surface area contributed by atoms with E-state index in [4.69, 9.17) is 5.11 Å². The maximum Gasteiger partial charge on any atom is 0.125 e. The highest BCUT2D eigenvalue weighted by Gasteiger charge is 2.11. The molecule has 0 aliphatic heterocycles. The third-order valence-corrected chi connectivity index (χ3v) is 2.38. The first-order valence-corrected chi connectivity index (χ1v) is 5.26. The molecule has 0 fully saturated rings. The highest BCUT2D eigenvalue weighted by molar-refractivity contribution is 5.01. The Kier molecular flexibility index (Phi) is 4.65. The van der Waals surface area contributed by atoms with Gasteiger partial charge in [-0.25, -0.2) is 9.97 Å². The van der Waals surface area contributed by atoms with E-state index in [1.165, 1.54) is 0 Å². The number of aliphatic hydroxyl groups excluding tert-OH is 1. The van der Waals surface area contributed by atoms with E-state index < -0.39 is 0 Å². The molecule has 2 N–H and O–H groups in total. The molecule has 0 amide bonds. The van der Waals surface area contributed by atoms with Gasteiger partial charge in [0, 0.05) is 18.8 Å². The molecule has 0 aliphatic rings. The highest BCUT2D eigenvalue weighted by atomic mass is 16.3. The fraction of sp³-hybridized carbons (Fsp3) is 0.636. The van der Waals surface area contributed by atoms with Gasteiger partial charge in [0.2, 0.25) is 0 Å². The Morgan fingerprint density at radius 2 is 2.20 bits per heavy atom. The van der Waals surface area contributed by atoms with Gasteiger partial charge in [-0.05, 0) is 18.9 Å². The fourth-order valence-electron chi connectivity index (χ4n) is 1.35. The average molecular weight is 209 g/mol. The molecule has 4 heteroatoms. The molecule has 0 saturated heterocycles. The average Bonchev–Trinajstić information content (AvgIpc) is 2.18. The summed E-state index contributed by atoms with van der Waals surface area (Å²) in [4.78, 5) is 8.32. The molecular weight excluding hydrogens is 190 g/mol. The van der Waals surface area contributed by atoms with Crippen LogP contribution in [0.4, 0.5) is 0 Å². The Bertz CT molecular complexity index is 302. The van der Waals surface area contributed by atoms with E-state index in [-0.39, 0.29) is 12.6 Å². The molecule has 0 saturated carbocycles. The van der Waals surface area contributed by atoms with Gasteiger partial charge in [-0.3, -0.25) is 0 Å². The monoisotopic (exact) mass is 209 g/mol. The normalized spacial score (nSPS) is 13.1. The molecule has 0 spiro atoms. The summed E-state index contributed by atoms with van der Waals surface area (Å²) in [6.45, 7) is 6.86. The zero-order valence-electron chi connectivity index (χ0n) is 9.57. The SMILES string of the molecule is Cc1nccc(CNC(CO)C(C)C)n1. The van der Waals surface area contributed by atoms with Crippen LogP contribution in [0.1, 0.15) is 25.4 Å². The van der Waals surface area contributed by atoms with Crippen molar-refractivity contribution in [2.75, 3.05) is 6.61 Å². The van der Waals surface area contributed by atoms with Gasteiger partial charge in [0.05, 0.1) is 12.3 Å². The molecule has 1 heterocycles. The Morgan fingerprint density at radius 1 is 1.47 bits per heavy atom. The quantitative estimate of drug-likeness (QED) is 0.756. The second-order valence-corrected chi connectivity index (χ2v) is 4.01. The lowest BCUT2D eigenvalue weighted by Crippen LogP contribution is -2.36. The molecule has 1 aromatic heterocycles. The number of nitrogens with one attached hydrogen (secondary N) is 1. The summed E-state index contributed by atoms with van der Waals surface area (Å²) < 4.78 is 0. The fourth-order valence-corrected chi connectivity index (χ4v) is 1.35. The maximum atomic E-state index is 9.13. The molecule has 84 valence electrons. The number of hydrogen-bond acceptors (Lipinski definition) is 4. The van der Waals surface area contributed by atoms with Gasteiger partial charge >= 0.3 is 0 Å². The van der Waals surface area contributed by atoms with E-state index in [1.54, 1.807) is 6.20 Å². The van der Waals surface area contributed by atoms with Gasteiger partial charge in [-0.15, -0.1) is 0 Å². The van der Waals surface area contributed by atoms with Crippen molar-refractivity contribution in [3.63, 3.8) is 0 Å². The molecule has 1 aromatic rings. The number of nitrogens with zero attached hydrogens (tertiary/aromatic N) is 2. The minimum atomic E-state index is 0.125. The van der Waals surface area contributed by atoms with Crippen molar-refractivity contribution >= 4 is 0 Å². The summed E-state index contributed by atoms with van der Waals surface area (Å²) in [5.74, 6) is 1.19. The van der Waals surface area contributed by atoms with Crippen molar-refractivity contribution in [3.8, 4) is 0 Å². The van der Waals surface area contributed by atoms with Crippen LogP contribution in [-0.4, -0.2) is 27.7 Å². The predicted molar refractivity (Wildman–Crippen MR) is 59.3 cm³/mol. The minimum absolute atomic E-state index is 0.125. The largest absolute Gasteiger partial charge is 0.395 e. The van der Waals surface area contributed by atoms with Crippen LogP contribution in [0.25, 0.3) is 0 Å². The van der Waals surface area contributed by atoms with Gasteiger partial charge < -0.3 is 10.4 Å². The predicted octanol–water partition coefficient (Wildman–Crippen LogP) is 0.892. The minimum Gasteiger partial charge on any atom is -0.395 e. The molecule has 1 rings (SSSR count). The van der Waals surface area contributed by atoms with Crippen LogP contribution in [0.5, 0.6) is 0 Å². The third-order valence-electron chi connectivity index (χ3n) is 2.38. The first-order valence-electron chi connectivity index (χ1n) is 5.26. The van der Waals surface area contributed by atoms with Crippen LogP contribution in [0.2, 0.25) is 0 Å². The van der Waals surface area contributed by atoms with Crippen molar-refractivity contribution in [2.45, 2.75) is 33.4 Å². The molecule has 0 radical (unpaired) electrons. The molecule has 0 bridgehead atoms. The number of rotatable bonds is 5. The van der Waals surface area contributed by atoms with Crippen molar-refractivity contribution in [1.29, 1.82) is 0 Å². The molecule has 1 atom stereocenters. The van der Waals surface area contributed by atoms with E-state index >= 15 is 0 Å². The highest BCUT2D eigenvalue weighted by Crippen LogP contribution is 2.02. The summed E-state index contributed by atoms with van der Waals surface area (Å²) in [6, 6.07) is 2.01. The van der Waals surface area contributed by atoms with Gasteiger partial charge in [0.15, 0.2) is 0 Å². The van der Waals surface area contributed by atoms with Crippen LogP contribution >= 0.6 is 0 Å². The zero-order chi connectivity index (χ0) is 11.3. The van der Waals surface area contributed by atoms with Crippen LogP contribution in [0, 0.1) is 12.8 Å². The first kappa shape index (κ1) is 12.1. The smallest absolute Gasteiger partial charge is 0.125 e. The molecule has 0 aromatic carbocycles. The van der Waals surface area contributed by atoms with Crippen LogP contribution in [0.3, 0.4) is 0 Å². The lowest BCUT2D eigenvalue weighted by Gasteiger charge is -2.19. The zero-order valence-corrected chi connectivity index (χ0v) is 9.57. The standard InChI is InChI=1S/C11H19N3O/c1-8(2)11(7-15)13-6-10-4-5-12-9(3)14-10/h4-5,8,11,13,15H,6-7H2,1-3H3. The summed E-state index contributed by atoms with van der Waals surface area (Å²) in [7, 11) is 0. The van der Waals surface area contributed by atoms with Gasteiger partial charge in [0.25, 0.3) is 0 Å². The van der Waals surface area contributed by atoms with Crippen molar-refractivity contribution < 1.29 is 5.11 Å². The van der Waals surface area contributed by atoms with E-state index in [0.717, 1.165) is 11.5 Å². The molecule has 15 heavy (non-hydrogen) atoms. The topological polar surface area (TPSA) is 58.0 Å². The Morgan fingerprint density at radius 3 is 2.73 bits per heavy atom. The van der Waals surface area contributed by atoms with Crippen LogP contribution in [-0.2, 0) is 6.54 Å². The third kappa shape index (κ3) is 3.93. The number of hydrogen-bond donors (Lipinski definition) is 2. The summed E-state index contributed by atoms with van der Waals surface area (Å²) in [6.07, 6.45) is 1.75. The Hall–Kier alpha value is -1.00. The van der Waals surface area contributed by atoms with Crippen molar-refractivity contribution in [2.24, 2.45) is 5.92 Å². The number of aliphatic hydroxyl groups is 1. The second-order valence-electron chi connectivity index (χ2n) is 4.01. The van der Waals surface area contributed by atoms with Crippen molar-refractivity contribution in [1.82, 2.24) is 15.3 Å². The number of aromatic nitrogens is 2.